The minimum atomic E-state index is 0.598. The van der Waals surface area contributed by atoms with Gasteiger partial charge in [-0.15, -0.1) is 0 Å². The van der Waals surface area contributed by atoms with Gasteiger partial charge < -0.3 is 5.32 Å². The fourth-order valence-corrected chi connectivity index (χ4v) is 1.35. The molecule has 2 heteroatoms. The van der Waals surface area contributed by atoms with Crippen molar-refractivity contribution in [3.63, 3.8) is 0 Å². The van der Waals surface area contributed by atoms with Crippen LogP contribution in [0.3, 0.4) is 0 Å². The summed E-state index contributed by atoms with van der Waals surface area (Å²) in [6, 6.07) is 10.4. The number of hydrogen-bond donors (Lipinski definition) is 1. The summed E-state index contributed by atoms with van der Waals surface area (Å²) in [5.41, 5.74) is 2.57. The quantitative estimate of drug-likeness (QED) is 0.756. The Balaban J connectivity index is 2.73. The van der Waals surface area contributed by atoms with Crippen LogP contribution in [0.2, 0.25) is 0 Å². The van der Waals surface area contributed by atoms with Gasteiger partial charge in [0.05, 0.1) is 6.07 Å². The van der Waals surface area contributed by atoms with Crippen molar-refractivity contribution in [1.29, 1.82) is 5.26 Å². The highest BCUT2D eigenvalue weighted by Crippen LogP contribution is 2.10. The van der Waals surface area contributed by atoms with Gasteiger partial charge in [-0.2, -0.15) is 5.26 Å². The average molecular weight is 174 g/mol. The van der Waals surface area contributed by atoms with Gasteiger partial charge in [-0.3, -0.25) is 0 Å². The third-order valence-electron chi connectivity index (χ3n) is 1.99. The lowest BCUT2D eigenvalue weighted by atomic mass is 10.0. The molecule has 1 aromatic carbocycles. The molecule has 0 aliphatic heterocycles. The van der Waals surface area contributed by atoms with Gasteiger partial charge in [-0.05, 0) is 24.6 Å². The Morgan fingerprint density at radius 3 is 2.62 bits per heavy atom. The smallest absolute Gasteiger partial charge is 0.0625 e. The zero-order valence-electron chi connectivity index (χ0n) is 7.88. The summed E-state index contributed by atoms with van der Waals surface area (Å²) in [5, 5.41) is 11.6. The van der Waals surface area contributed by atoms with Gasteiger partial charge in [-0.25, -0.2) is 0 Å². The maximum Gasteiger partial charge on any atom is 0.0625 e. The first-order valence-electron chi connectivity index (χ1n) is 4.47. The molecule has 0 amide bonds. The van der Waals surface area contributed by atoms with Crippen molar-refractivity contribution in [3.05, 3.63) is 35.4 Å². The van der Waals surface area contributed by atoms with E-state index in [4.69, 9.17) is 5.26 Å². The van der Waals surface area contributed by atoms with E-state index in [1.807, 2.05) is 19.2 Å². The molecule has 0 aliphatic carbocycles. The Kier molecular flexibility index (Phi) is 4.01. The number of hydrogen-bond acceptors (Lipinski definition) is 2. The molecule has 0 aromatic heterocycles. The third kappa shape index (κ3) is 2.89. The Bertz CT molecular complexity index is 299. The van der Waals surface area contributed by atoms with Gasteiger partial charge in [-0.1, -0.05) is 24.3 Å². The van der Waals surface area contributed by atoms with Crippen molar-refractivity contribution in [2.24, 2.45) is 0 Å². The minimum Gasteiger partial charge on any atom is -0.316 e. The predicted octanol–water partition coefficient (Wildman–Crippen LogP) is 1.86. The van der Waals surface area contributed by atoms with E-state index in [2.05, 4.69) is 23.5 Å². The monoisotopic (exact) mass is 174 g/mol. The van der Waals surface area contributed by atoms with E-state index in [-0.39, 0.29) is 0 Å². The lowest BCUT2D eigenvalue weighted by Crippen LogP contribution is -2.07. The highest BCUT2D eigenvalue weighted by molar-refractivity contribution is 5.27. The molecule has 0 fully saturated rings. The van der Waals surface area contributed by atoms with E-state index >= 15 is 0 Å². The van der Waals surface area contributed by atoms with Gasteiger partial charge in [0.15, 0.2) is 0 Å². The summed E-state index contributed by atoms with van der Waals surface area (Å²) in [5.74, 6) is 0. The number of benzene rings is 1. The lowest BCUT2D eigenvalue weighted by molar-refractivity contribution is 0.801. The summed E-state index contributed by atoms with van der Waals surface area (Å²) >= 11 is 0. The zero-order valence-corrected chi connectivity index (χ0v) is 7.88. The Labute approximate surface area is 79.2 Å². The molecule has 0 atom stereocenters. The molecule has 1 aromatic rings. The maximum absolute atomic E-state index is 8.48. The standard InChI is InChI=1S/C11H14N2/c1-13-9-11-6-3-2-5-10(11)7-4-8-12/h2-3,5-6,13H,4,7,9H2,1H3. The van der Waals surface area contributed by atoms with Gasteiger partial charge >= 0.3 is 0 Å². The predicted molar refractivity (Wildman–Crippen MR) is 53.1 cm³/mol. The topological polar surface area (TPSA) is 35.8 Å². The number of nitrogens with one attached hydrogen (secondary N) is 1. The molecule has 0 bridgehead atoms. The van der Waals surface area contributed by atoms with Crippen molar-refractivity contribution in [1.82, 2.24) is 5.32 Å². The number of nitriles is 1. The summed E-state index contributed by atoms with van der Waals surface area (Å²) in [6.07, 6.45) is 1.45. The summed E-state index contributed by atoms with van der Waals surface area (Å²) in [6.45, 7) is 0.877. The van der Waals surface area contributed by atoms with Crippen LogP contribution in [0.5, 0.6) is 0 Å². The molecular weight excluding hydrogens is 160 g/mol. The SMILES string of the molecule is CNCc1ccccc1CCC#N. The molecule has 1 N–H and O–H groups in total. The highest BCUT2D eigenvalue weighted by Gasteiger charge is 1.99. The van der Waals surface area contributed by atoms with E-state index in [0.717, 1.165) is 13.0 Å². The zero-order chi connectivity index (χ0) is 9.52. The highest BCUT2D eigenvalue weighted by atomic mass is 14.8. The van der Waals surface area contributed by atoms with Crippen molar-refractivity contribution < 1.29 is 0 Å². The molecule has 0 unspecified atom stereocenters. The largest absolute Gasteiger partial charge is 0.316 e. The van der Waals surface area contributed by atoms with Gasteiger partial charge in [0.2, 0.25) is 0 Å². The lowest BCUT2D eigenvalue weighted by Gasteiger charge is -2.06. The Morgan fingerprint density at radius 2 is 2.00 bits per heavy atom. The van der Waals surface area contributed by atoms with Crippen LogP contribution in [0, 0.1) is 11.3 Å². The molecule has 2 nitrogen and oxygen atoms in total. The van der Waals surface area contributed by atoms with Crippen molar-refractivity contribution in [2.45, 2.75) is 19.4 Å². The summed E-state index contributed by atoms with van der Waals surface area (Å²) in [4.78, 5) is 0. The van der Waals surface area contributed by atoms with Crippen LogP contribution in [-0.2, 0) is 13.0 Å². The Morgan fingerprint density at radius 1 is 1.31 bits per heavy atom. The molecule has 1 rings (SSSR count). The minimum absolute atomic E-state index is 0.598. The fraction of sp³-hybridized carbons (Fsp3) is 0.364. The Hall–Kier alpha value is -1.33. The molecule has 0 radical (unpaired) electrons. The second kappa shape index (κ2) is 5.34. The second-order valence-corrected chi connectivity index (χ2v) is 2.96. The van der Waals surface area contributed by atoms with Crippen LogP contribution in [0.1, 0.15) is 17.5 Å². The third-order valence-corrected chi connectivity index (χ3v) is 1.99. The van der Waals surface area contributed by atoms with E-state index in [1.54, 1.807) is 0 Å². The first-order valence-corrected chi connectivity index (χ1v) is 4.47. The first kappa shape index (κ1) is 9.76. The van der Waals surface area contributed by atoms with E-state index in [1.165, 1.54) is 11.1 Å². The molecule has 13 heavy (non-hydrogen) atoms. The fourth-order valence-electron chi connectivity index (χ4n) is 1.35. The van der Waals surface area contributed by atoms with E-state index in [9.17, 15) is 0 Å². The van der Waals surface area contributed by atoms with E-state index < -0.39 is 0 Å². The number of rotatable bonds is 4. The normalized spacial score (nSPS) is 9.54. The summed E-state index contributed by atoms with van der Waals surface area (Å²) < 4.78 is 0. The molecule has 68 valence electrons. The molecule has 0 saturated heterocycles. The molecule has 0 spiro atoms. The second-order valence-electron chi connectivity index (χ2n) is 2.96. The van der Waals surface area contributed by atoms with Crippen molar-refractivity contribution in [2.75, 3.05) is 7.05 Å². The van der Waals surface area contributed by atoms with E-state index in [0.29, 0.717) is 6.42 Å². The van der Waals surface area contributed by atoms with Crippen LogP contribution in [0.15, 0.2) is 24.3 Å². The van der Waals surface area contributed by atoms with Crippen molar-refractivity contribution >= 4 is 0 Å². The molecule has 0 saturated carbocycles. The van der Waals surface area contributed by atoms with Crippen molar-refractivity contribution in [3.8, 4) is 6.07 Å². The number of aryl methyl sites for hydroxylation is 1. The summed E-state index contributed by atoms with van der Waals surface area (Å²) in [7, 11) is 1.93. The van der Waals surface area contributed by atoms with Crippen LogP contribution >= 0.6 is 0 Å². The average Bonchev–Trinajstić information content (AvgIpc) is 2.17. The van der Waals surface area contributed by atoms with Crippen LogP contribution in [0.4, 0.5) is 0 Å². The maximum atomic E-state index is 8.48. The van der Waals surface area contributed by atoms with Crippen LogP contribution in [-0.4, -0.2) is 7.05 Å². The number of nitrogens with zero attached hydrogens (tertiary/aromatic N) is 1. The van der Waals surface area contributed by atoms with Crippen LogP contribution < -0.4 is 5.32 Å². The molecule has 0 heterocycles. The molecular formula is C11H14N2. The van der Waals surface area contributed by atoms with Gasteiger partial charge in [0.1, 0.15) is 0 Å². The first-order chi connectivity index (χ1) is 6.38. The van der Waals surface area contributed by atoms with Gasteiger partial charge in [0, 0.05) is 13.0 Å². The van der Waals surface area contributed by atoms with Gasteiger partial charge in [0.25, 0.3) is 0 Å². The van der Waals surface area contributed by atoms with Crippen LogP contribution in [0.25, 0.3) is 0 Å². The molecule has 0 aliphatic rings.